The molecule has 0 aliphatic carbocycles. The molecular formula is C77H134O6. The lowest BCUT2D eigenvalue weighted by molar-refractivity contribution is -0.167. The highest BCUT2D eigenvalue weighted by Gasteiger charge is 2.19. The average molecular weight is 1160 g/mol. The molecule has 0 rings (SSSR count). The monoisotopic (exact) mass is 1160 g/mol. The number of hydrogen-bond acceptors (Lipinski definition) is 6. The van der Waals surface area contributed by atoms with E-state index in [1.807, 2.05) is 0 Å². The zero-order valence-corrected chi connectivity index (χ0v) is 54.9. The smallest absolute Gasteiger partial charge is 0.306 e. The Kier molecular flexibility index (Phi) is 67.7. The van der Waals surface area contributed by atoms with E-state index in [0.29, 0.717) is 12.8 Å². The average Bonchev–Trinajstić information content (AvgIpc) is 3.49. The zero-order chi connectivity index (χ0) is 59.9. The SMILES string of the molecule is CC/C=C\C/C=C\C/C=C\C/C=C\C/C=C\CCCCCC(=O)OC(COC(=O)CCCCCCC/C=C\CCCCCCCC)COC(=O)CCCCCCCCCCCCCCCCCCCCC/C=C\C/C=C\CCCCCCC. The molecule has 0 spiro atoms. The third-order valence-corrected chi connectivity index (χ3v) is 15.5. The lowest BCUT2D eigenvalue weighted by Crippen LogP contribution is -2.30. The molecule has 0 aromatic heterocycles. The van der Waals surface area contributed by atoms with Crippen molar-refractivity contribution in [2.75, 3.05) is 13.2 Å². The Morgan fingerprint density at radius 2 is 0.470 bits per heavy atom. The molecule has 0 amide bonds. The van der Waals surface area contributed by atoms with Crippen molar-refractivity contribution < 1.29 is 28.6 Å². The van der Waals surface area contributed by atoms with Gasteiger partial charge in [0.2, 0.25) is 0 Å². The summed E-state index contributed by atoms with van der Waals surface area (Å²) in [5, 5.41) is 0. The van der Waals surface area contributed by atoms with Crippen LogP contribution >= 0.6 is 0 Å². The molecule has 6 nitrogen and oxygen atoms in total. The fourth-order valence-corrected chi connectivity index (χ4v) is 10.2. The van der Waals surface area contributed by atoms with Gasteiger partial charge in [0.25, 0.3) is 0 Å². The lowest BCUT2D eigenvalue weighted by Gasteiger charge is -2.18. The molecule has 0 saturated carbocycles. The summed E-state index contributed by atoms with van der Waals surface area (Å²) in [5.41, 5.74) is 0. The third kappa shape index (κ3) is 69.0. The van der Waals surface area contributed by atoms with E-state index >= 15 is 0 Å². The molecule has 0 aromatic rings. The summed E-state index contributed by atoms with van der Waals surface area (Å²) in [5.74, 6) is -0.917. The maximum absolute atomic E-state index is 12.9. The molecule has 0 aliphatic rings. The number of hydrogen-bond donors (Lipinski definition) is 0. The normalized spacial score (nSPS) is 12.7. The molecular weight excluding hydrogens is 1020 g/mol. The highest BCUT2D eigenvalue weighted by Crippen LogP contribution is 2.17. The molecule has 478 valence electrons. The quantitative estimate of drug-likeness (QED) is 0.0261. The van der Waals surface area contributed by atoms with Gasteiger partial charge in [0.1, 0.15) is 13.2 Å². The first-order chi connectivity index (χ1) is 41.0. The summed E-state index contributed by atoms with van der Waals surface area (Å²) in [6.07, 6.45) is 95.9. The Hall–Kier alpha value is -3.67. The largest absolute Gasteiger partial charge is 0.462 e. The fraction of sp³-hybridized carbons (Fsp3) is 0.753. The standard InChI is InChI=1S/C77H134O6/c1-4-7-10-13-16-19-22-25-28-30-32-33-34-35-36-37-38-39-40-41-42-43-45-46-49-52-55-58-61-64-67-70-76(79)82-73-74(72-81-75(78)69-66-63-60-57-54-51-48-27-24-21-18-15-12-9-6-3)83-77(80)71-68-65-62-59-56-53-50-47-44-31-29-26-23-20-17-14-11-8-5-2/h8,11,17,20,22,25-27,29-30,32,44,47-48,53,56,74H,4-7,9-10,12-16,18-19,21,23-24,28,31,33-43,45-46,49-52,54-55,57-73H2,1-3H3/b11-8-,20-17-,25-22-,29-26-,32-30-,47-44-,48-27-,56-53-. The minimum atomic E-state index is -0.800. The number of ether oxygens (including phenoxy) is 3. The van der Waals surface area contributed by atoms with E-state index in [4.69, 9.17) is 14.2 Å². The van der Waals surface area contributed by atoms with Gasteiger partial charge in [0, 0.05) is 19.3 Å². The Balaban J connectivity index is 4.27. The summed E-state index contributed by atoms with van der Waals surface area (Å²) >= 11 is 0. The van der Waals surface area contributed by atoms with Gasteiger partial charge in [0.15, 0.2) is 6.10 Å². The van der Waals surface area contributed by atoms with Crippen LogP contribution in [0.4, 0.5) is 0 Å². The van der Waals surface area contributed by atoms with Crippen molar-refractivity contribution in [3.63, 3.8) is 0 Å². The summed E-state index contributed by atoms with van der Waals surface area (Å²) in [7, 11) is 0. The predicted molar refractivity (Wildman–Crippen MR) is 362 cm³/mol. The van der Waals surface area contributed by atoms with Crippen molar-refractivity contribution >= 4 is 17.9 Å². The maximum Gasteiger partial charge on any atom is 0.306 e. The van der Waals surface area contributed by atoms with Crippen LogP contribution in [-0.2, 0) is 28.6 Å². The minimum Gasteiger partial charge on any atom is -0.462 e. The molecule has 0 aliphatic heterocycles. The van der Waals surface area contributed by atoms with Gasteiger partial charge in [-0.25, -0.2) is 0 Å². The van der Waals surface area contributed by atoms with Crippen LogP contribution in [0.15, 0.2) is 97.2 Å². The van der Waals surface area contributed by atoms with E-state index in [9.17, 15) is 14.4 Å². The van der Waals surface area contributed by atoms with Crippen LogP contribution in [-0.4, -0.2) is 37.2 Å². The highest BCUT2D eigenvalue weighted by molar-refractivity contribution is 5.71. The van der Waals surface area contributed by atoms with Crippen LogP contribution in [0.5, 0.6) is 0 Å². The van der Waals surface area contributed by atoms with Gasteiger partial charge >= 0.3 is 17.9 Å². The number of esters is 3. The Morgan fingerprint density at radius 1 is 0.253 bits per heavy atom. The van der Waals surface area contributed by atoms with Gasteiger partial charge in [-0.3, -0.25) is 14.4 Å². The molecule has 0 radical (unpaired) electrons. The predicted octanol–water partition coefficient (Wildman–Crippen LogP) is 24.8. The van der Waals surface area contributed by atoms with Crippen molar-refractivity contribution in [3.8, 4) is 0 Å². The Labute approximate surface area is 515 Å². The van der Waals surface area contributed by atoms with Gasteiger partial charge in [-0.05, 0) is 122 Å². The second kappa shape index (κ2) is 70.8. The highest BCUT2D eigenvalue weighted by atomic mass is 16.6. The van der Waals surface area contributed by atoms with Crippen LogP contribution < -0.4 is 0 Å². The molecule has 0 saturated heterocycles. The lowest BCUT2D eigenvalue weighted by atomic mass is 10.0. The molecule has 0 aromatic carbocycles. The number of carbonyl (C=O) groups excluding carboxylic acids is 3. The fourth-order valence-electron chi connectivity index (χ4n) is 10.2. The van der Waals surface area contributed by atoms with Crippen molar-refractivity contribution in [1.29, 1.82) is 0 Å². The van der Waals surface area contributed by atoms with Crippen molar-refractivity contribution in [1.82, 2.24) is 0 Å². The van der Waals surface area contributed by atoms with Gasteiger partial charge in [-0.2, -0.15) is 0 Å². The van der Waals surface area contributed by atoms with Crippen LogP contribution in [0, 0.1) is 0 Å². The van der Waals surface area contributed by atoms with Gasteiger partial charge in [0.05, 0.1) is 0 Å². The first kappa shape index (κ1) is 79.3. The first-order valence-corrected chi connectivity index (χ1v) is 35.7. The zero-order valence-electron chi connectivity index (χ0n) is 54.9. The number of unbranched alkanes of at least 4 members (excludes halogenated alkanes) is 38. The molecule has 0 N–H and O–H groups in total. The first-order valence-electron chi connectivity index (χ1n) is 35.7. The van der Waals surface area contributed by atoms with Crippen LogP contribution in [0.25, 0.3) is 0 Å². The molecule has 1 atom stereocenters. The van der Waals surface area contributed by atoms with Crippen molar-refractivity contribution in [3.05, 3.63) is 97.2 Å². The van der Waals surface area contributed by atoms with E-state index in [1.165, 1.54) is 205 Å². The van der Waals surface area contributed by atoms with Crippen LogP contribution in [0.3, 0.4) is 0 Å². The summed E-state index contributed by atoms with van der Waals surface area (Å²) in [6, 6.07) is 0. The van der Waals surface area contributed by atoms with Crippen LogP contribution in [0.2, 0.25) is 0 Å². The Bertz CT molecular complexity index is 1610. The van der Waals surface area contributed by atoms with E-state index in [2.05, 4.69) is 118 Å². The van der Waals surface area contributed by atoms with E-state index < -0.39 is 6.10 Å². The number of rotatable bonds is 65. The minimum absolute atomic E-state index is 0.0911. The molecule has 0 fully saturated rings. The van der Waals surface area contributed by atoms with Gasteiger partial charge in [-0.1, -0.05) is 311 Å². The van der Waals surface area contributed by atoms with Gasteiger partial charge in [-0.15, -0.1) is 0 Å². The second-order valence-electron chi connectivity index (χ2n) is 23.8. The maximum atomic E-state index is 12.9. The Morgan fingerprint density at radius 3 is 0.759 bits per heavy atom. The van der Waals surface area contributed by atoms with Gasteiger partial charge < -0.3 is 14.2 Å². The second-order valence-corrected chi connectivity index (χ2v) is 23.8. The van der Waals surface area contributed by atoms with Crippen molar-refractivity contribution in [2.24, 2.45) is 0 Å². The number of allylic oxidation sites excluding steroid dienone is 16. The van der Waals surface area contributed by atoms with E-state index in [-0.39, 0.29) is 37.5 Å². The van der Waals surface area contributed by atoms with Crippen molar-refractivity contribution in [2.45, 2.75) is 361 Å². The third-order valence-electron chi connectivity index (χ3n) is 15.5. The summed E-state index contributed by atoms with van der Waals surface area (Å²) in [6.45, 7) is 6.52. The summed E-state index contributed by atoms with van der Waals surface area (Å²) in [4.78, 5) is 38.4. The topological polar surface area (TPSA) is 78.9 Å². The van der Waals surface area contributed by atoms with E-state index in [0.717, 1.165) is 109 Å². The summed E-state index contributed by atoms with van der Waals surface area (Å²) < 4.78 is 16.9. The van der Waals surface area contributed by atoms with Crippen LogP contribution in [0.1, 0.15) is 355 Å². The molecule has 6 heteroatoms. The van der Waals surface area contributed by atoms with E-state index in [1.54, 1.807) is 0 Å². The molecule has 0 heterocycles. The molecule has 83 heavy (non-hydrogen) atoms. The number of carbonyl (C=O) groups is 3. The molecule has 0 bridgehead atoms. The molecule has 1 unspecified atom stereocenters.